The van der Waals surface area contributed by atoms with Gasteiger partial charge in [-0.05, 0) is 56.6 Å². The van der Waals surface area contributed by atoms with Crippen molar-refractivity contribution in [1.82, 2.24) is 24.3 Å². The summed E-state index contributed by atoms with van der Waals surface area (Å²) >= 11 is 0. The molecule has 40 heavy (non-hydrogen) atoms. The average molecular weight is 592 g/mol. The van der Waals surface area contributed by atoms with Gasteiger partial charge in [0.1, 0.15) is 23.4 Å². The molecule has 3 aromatic rings. The topological polar surface area (TPSA) is 160 Å². The van der Waals surface area contributed by atoms with Crippen molar-refractivity contribution in [2.75, 3.05) is 39.9 Å². The second-order valence-electron chi connectivity index (χ2n) is 10.1. The Morgan fingerprint density at radius 3 is 2.67 bits per heavy atom. The Bertz CT molecular complexity index is 1560. The van der Waals surface area contributed by atoms with Crippen molar-refractivity contribution in [3.8, 4) is 5.75 Å². The molecule has 4 heterocycles. The van der Waals surface area contributed by atoms with E-state index in [0.29, 0.717) is 55.7 Å². The Hall–Kier alpha value is -2.72. The summed E-state index contributed by atoms with van der Waals surface area (Å²) in [6, 6.07) is 11.2. The molecule has 12 nitrogen and oxygen atoms in total. The van der Waals surface area contributed by atoms with Gasteiger partial charge in [-0.2, -0.15) is 4.31 Å². The molecule has 2 aliphatic rings. The van der Waals surface area contributed by atoms with Crippen LogP contribution in [0.2, 0.25) is 0 Å². The minimum absolute atomic E-state index is 0.0117. The van der Waals surface area contributed by atoms with Crippen molar-refractivity contribution < 1.29 is 31.4 Å². The van der Waals surface area contributed by atoms with Crippen LogP contribution < -0.4 is 14.8 Å². The van der Waals surface area contributed by atoms with E-state index in [0.717, 1.165) is 0 Å². The third-order valence-electron chi connectivity index (χ3n) is 7.38. The highest BCUT2D eigenvalue weighted by Crippen LogP contribution is 2.37. The van der Waals surface area contributed by atoms with E-state index in [1.165, 1.54) is 29.7 Å². The van der Waals surface area contributed by atoms with Crippen LogP contribution in [0.25, 0.3) is 11.0 Å². The third kappa shape index (κ3) is 6.28. The molecular formula is C26H33N5O7S2. The fraction of sp³-hybridized carbons (Fsp3) is 0.462. The van der Waals surface area contributed by atoms with E-state index in [1.807, 2.05) is 0 Å². The predicted octanol–water partition coefficient (Wildman–Crippen LogP) is 0.880. The second-order valence-corrected chi connectivity index (χ2v) is 13.9. The maximum Gasteiger partial charge on any atom is 0.244 e. The van der Waals surface area contributed by atoms with E-state index >= 15 is 0 Å². The van der Waals surface area contributed by atoms with Crippen LogP contribution in [0.15, 0.2) is 64.6 Å². The van der Waals surface area contributed by atoms with E-state index < -0.39 is 31.8 Å². The highest BCUT2D eigenvalue weighted by molar-refractivity contribution is 7.89. The normalized spacial score (nSPS) is 20.6. The smallest absolute Gasteiger partial charge is 0.244 e. The van der Waals surface area contributed by atoms with Gasteiger partial charge in [-0.25, -0.2) is 21.6 Å². The van der Waals surface area contributed by atoms with E-state index in [-0.39, 0.29) is 29.0 Å². The van der Waals surface area contributed by atoms with Gasteiger partial charge in [-0.3, -0.25) is 9.97 Å². The zero-order valence-electron chi connectivity index (χ0n) is 22.1. The lowest BCUT2D eigenvalue weighted by Gasteiger charge is -2.38. The number of sulfonamides is 2. The Labute approximate surface area is 233 Å². The number of aromatic nitrogens is 2. The minimum Gasteiger partial charge on any atom is -0.491 e. The number of piperidine rings is 1. The standard InChI is InChI=1S/C26H33N5O7S2/c1-27-39(33,34)22-5-2-4-21(12-22)37-18-20(32)15-29-19-14-26(38-17-19)7-10-31(11-8-26)40(35,36)23-13-25-24(30-16-23)6-3-9-28-25/h2-6,9,12-13,16,19-20,27,29,32H,7-8,10-11,14-15,17-18H2,1H3/t19-,20?/m1/s1. The van der Waals surface area contributed by atoms with Crippen LogP contribution in [-0.4, -0.2) is 93.9 Å². The van der Waals surface area contributed by atoms with Crippen LogP contribution >= 0.6 is 0 Å². The number of fused-ring (bicyclic) bond motifs is 1. The maximum absolute atomic E-state index is 13.3. The first-order valence-corrected chi connectivity index (χ1v) is 16.0. The summed E-state index contributed by atoms with van der Waals surface area (Å²) in [5.41, 5.74) is 0.767. The average Bonchev–Trinajstić information content (AvgIpc) is 3.37. The number of aliphatic hydroxyl groups excluding tert-OH is 1. The van der Waals surface area contributed by atoms with Crippen LogP contribution in [0.5, 0.6) is 5.75 Å². The zero-order chi connectivity index (χ0) is 28.4. The Balaban J connectivity index is 1.09. The van der Waals surface area contributed by atoms with Gasteiger partial charge in [-0.1, -0.05) is 6.07 Å². The van der Waals surface area contributed by atoms with Crippen LogP contribution in [0.1, 0.15) is 19.3 Å². The molecule has 2 saturated heterocycles. The van der Waals surface area contributed by atoms with E-state index in [2.05, 4.69) is 20.0 Å². The van der Waals surface area contributed by atoms with E-state index in [1.54, 1.807) is 36.5 Å². The molecule has 1 aromatic carbocycles. The quantitative estimate of drug-likeness (QED) is 0.309. The first kappa shape index (κ1) is 28.8. The zero-order valence-corrected chi connectivity index (χ0v) is 23.7. The summed E-state index contributed by atoms with van der Waals surface area (Å²) in [6.07, 6.45) is 4.02. The van der Waals surface area contributed by atoms with Gasteiger partial charge in [-0.15, -0.1) is 0 Å². The molecule has 0 bridgehead atoms. The van der Waals surface area contributed by atoms with Crippen LogP contribution in [0, 0.1) is 0 Å². The Kier molecular flexibility index (Phi) is 8.38. The van der Waals surface area contributed by atoms with Gasteiger partial charge in [0.05, 0.1) is 28.1 Å². The molecule has 2 fully saturated rings. The van der Waals surface area contributed by atoms with E-state index in [4.69, 9.17) is 9.47 Å². The van der Waals surface area contributed by atoms with Crippen LogP contribution in [0.3, 0.4) is 0 Å². The number of rotatable bonds is 10. The number of aliphatic hydroxyl groups is 1. The van der Waals surface area contributed by atoms with Crippen molar-refractivity contribution in [2.24, 2.45) is 0 Å². The molecule has 216 valence electrons. The Morgan fingerprint density at radius 1 is 1.10 bits per heavy atom. The molecule has 2 aliphatic heterocycles. The summed E-state index contributed by atoms with van der Waals surface area (Å²) in [7, 11) is -5.95. The summed E-state index contributed by atoms with van der Waals surface area (Å²) in [6.45, 7) is 1.40. The highest BCUT2D eigenvalue weighted by atomic mass is 32.2. The van der Waals surface area contributed by atoms with Crippen LogP contribution in [-0.2, 0) is 24.8 Å². The summed E-state index contributed by atoms with van der Waals surface area (Å²) in [4.78, 5) is 8.68. The monoisotopic (exact) mass is 591 g/mol. The summed E-state index contributed by atoms with van der Waals surface area (Å²) in [5, 5.41) is 13.7. The van der Waals surface area contributed by atoms with Crippen molar-refractivity contribution in [2.45, 2.75) is 46.8 Å². The molecule has 5 rings (SSSR count). The lowest BCUT2D eigenvalue weighted by atomic mass is 9.88. The van der Waals surface area contributed by atoms with Crippen LogP contribution in [0.4, 0.5) is 0 Å². The minimum atomic E-state index is -3.70. The number of ether oxygens (including phenoxy) is 2. The van der Waals surface area contributed by atoms with Gasteiger partial charge >= 0.3 is 0 Å². The van der Waals surface area contributed by atoms with E-state index in [9.17, 15) is 21.9 Å². The third-order valence-corrected chi connectivity index (χ3v) is 10.7. The van der Waals surface area contributed by atoms with Crippen molar-refractivity contribution in [3.63, 3.8) is 0 Å². The highest BCUT2D eigenvalue weighted by Gasteiger charge is 2.44. The fourth-order valence-electron chi connectivity index (χ4n) is 5.09. The maximum atomic E-state index is 13.3. The van der Waals surface area contributed by atoms with Crippen molar-refractivity contribution in [1.29, 1.82) is 0 Å². The number of hydrogen-bond donors (Lipinski definition) is 3. The second kappa shape index (κ2) is 11.6. The van der Waals surface area contributed by atoms with Gasteiger partial charge in [0.25, 0.3) is 0 Å². The molecule has 2 aromatic heterocycles. The number of benzene rings is 1. The first-order valence-electron chi connectivity index (χ1n) is 13.0. The largest absolute Gasteiger partial charge is 0.491 e. The molecule has 0 aliphatic carbocycles. The number of nitrogens with one attached hydrogen (secondary N) is 2. The number of nitrogens with zero attached hydrogens (tertiary/aromatic N) is 3. The molecular weight excluding hydrogens is 558 g/mol. The number of hydrogen-bond acceptors (Lipinski definition) is 10. The first-order chi connectivity index (χ1) is 19.1. The molecule has 2 atom stereocenters. The molecule has 3 N–H and O–H groups in total. The van der Waals surface area contributed by atoms with Crippen molar-refractivity contribution in [3.05, 3.63) is 54.9 Å². The molecule has 1 spiro atoms. The lowest BCUT2D eigenvalue weighted by molar-refractivity contribution is -0.0312. The predicted molar refractivity (Wildman–Crippen MR) is 147 cm³/mol. The molecule has 0 amide bonds. The number of pyridine rings is 2. The molecule has 0 saturated carbocycles. The van der Waals surface area contributed by atoms with Gasteiger partial charge in [0.15, 0.2) is 0 Å². The van der Waals surface area contributed by atoms with Crippen molar-refractivity contribution >= 4 is 31.1 Å². The SMILES string of the molecule is CNS(=O)(=O)c1cccc(OCC(O)CN[C@H]2COC3(CCN(S(=O)(=O)c4cnc5cccnc5c4)CC3)C2)c1. The Morgan fingerprint density at radius 2 is 1.90 bits per heavy atom. The summed E-state index contributed by atoms with van der Waals surface area (Å²) in [5.74, 6) is 0.343. The molecule has 0 radical (unpaired) electrons. The fourth-order valence-corrected chi connectivity index (χ4v) is 7.26. The van der Waals surface area contributed by atoms with Gasteiger partial charge in [0.2, 0.25) is 20.0 Å². The molecule has 1 unspecified atom stereocenters. The lowest BCUT2D eigenvalue weighted by Crippen LogP contribution is -2.47. The summed E-state index contributed by atoms with van der Waals surface area (Å²) < 4.78 is 65.9. The van der Waals surface area contributed by atoms with Gasteiger partial charge < -0.3 is 19.9 Å². The molecule has 14 heteroatoms. The van der Waals surface area contributed by atoms with Gasteiger partial charge in [0, 0.05) is 44.1 Å².